The first-order valence-corrected chi connectivity index (χ1v) is 11.8. The fraction of sp³-hybridized carbons (Fsp3) is 0.500. The van der Waals surface area contributed by atoms with E-state index in [4.69, 9.17) is 4.74 Å². The minimum Gasteiger partial charge on any atom is -0.469 e. The van der Waals surface area contributed by atoms with Crippen LogP contribution in [0.15, 0.2) is 54.7 Å². The number of anilines is 2. The molecular formula is C26H31F2N3O3. The number of halogens is 2. The third kappa shape index (κ3) is 5.21. The van der Waals surface area contributed by atoms with Gasteiger partial charge in [-0.3, -0.25) is 9.59 Å². The predicted molar refractivity (Wildman–Crippen MR) is 126 cm³/mol. The van der Waals surface area contributed by atoms with Crippen LogP contribution in [0, 0.1) is 5.41 Å². The van der Waals surface area contributed by atoms with Crippen molar-refractivity contribution in [1.29, 1.82) is 0 Å². The molecule has 0 bridgehead atoms. The third-order valence-corrected chi connectivity index (χ3v) is 7.08. The Balaban J connectivity index is 1.57. The second kappa shape index (κ2) is 10.1. The van der Waals surface area contributed by atoms with Crippen LogP contribution < -0.4 is 9.80 Å². The maximum atomic E-state index is 14.3. The van der Waals surface area contributed by atoms with E-state index in [0.717, 1.165) is 5.82 Å². The first-order valence-electron chi connectivity index (χ1n) is 11.8. The number of aromatic nitrogens is 1. The lowest BCUT2D eigenvalue weighted by molar-refractivity contribution is -0.156. The molecule has 182 valence electrons. The molecule has 1 saturated carbocycles. The molecule has 1 atom stereocenters. The van der Waals surface area contributed by atoms with Gasteiger partial charge in [-0.25, -0.2) is 13.8 Å². The number of benzene rings is 1. The van der Waals surface area contributed by atoms with E-state index in [1.165, 1.54) is 12.0 Å². The van der Waals surface area contributed by atoms with Crippen LogP contribution >= 0.6 is 0 Å². The molecule has 6 nitrogen and oxygen atoms in total. The molecule has 2 aliphatic rings. The zero-order valence-corrected chi connectivity index (χ0v) is 19.5. The van der Waals surface area contributed by atoms with Crippen molar-refractivity contribution in [1.82, 2.24) is 4.98 Å². The highest BCUT2D eigenvalue weighted by molar-refractivity contribution is 5.97. The number of hydrogen-bond acceptors (Lipinski definition) is 5. The molecule has 2 heterocycles. The summed E-state index contributed by atoms with van der Waals surface area (Å²) in [6, 6.07) is 14.0. The zero-order chi connectivity index (χ0) is 24.2. The summed E-state index contributed by atoms with van der Waals surface area (Å²) in [6.45, 7) is 1.10. The largest absolute Gasteiger partial charge is 0.469 e. The number of piperidine rings is 1. The van der Waals surface area contributed by atoms with Crippen molar-refractivity contribution in [3.8, 4) is 0 Å². The summed E-state index contributed by atoms with van der Waals surface area (Å²) in [4.78, 5) is 34.7. The van der Waals surface area contributed by atoms with Crippen LogP contribution in [-0.2, 0) is 14.3 Å². The summed E-state index contributed by atoms with van der Waals surface area (Å²) in [5.74, 6) is -2.72. The Hall–Kier alpha value is -3.03. The highest BCUT2D eigenvalue weighted by Gasteiger charge is 2.47. The summed E-state index contributed by atoms with van der Waals surface area (Å²) < 4.78 is 33.7. The van der Waals surface area contributed by atoms with E-state index in [1.807, 2.05) is 24.3 Å². The van der Waals surface area contributed by atoms with Crippen molar-refractivity contribution in [2.75, 3.05) is 30.0 Å². The van der Waals surface area contributed by atoms with Gasteiger partial charge in [0, 0.05) is 50.3 Å². The van der Waals surface area contributed by atoms with Crippen LogP contribution in [0.4, 0.5) is 20.3 Å². The van der Waals surface area contributed by atoms with Crippen LogP contribution in [0.5, 0.6) is 0 Å². The Morgan fingerprint density at radius 3 is 2.41 bits per heavy atom. The number of methoxy groups -OCH3 is 1. The maximum Gasteiger partial charge on any atom is 0.312 e. The number of esters is 1. The van der Waals surface area contributed by atoms with Crippen molar-refractivity contribution < 1.29 is 23.1 Å². The standard InChI is InChI=1S/C26H31F2N3O3/c1-34-24(33)25(13-16-30(17-14-25)22-11-5-6-15-29-22)19-23(32)31(20-8-3-2-4-9-20)21-10-7-12-26(27,28)18-21/h2-6,8-9,11,15,21H,7,10,12-14,16-19H2,1H3/t21-/m1/s1. The van der Waals surface area contributed by atoms with Gasteiger partial charge in [-0.15, -0.1) is 0 Å². The molecule has 4 rings (SSSR count). The number of alkyl halides is 2. The van der Waals surface area contributed by atoms with Gasteiger partial charge in [0.2, 0.25) is 11.8 Å². The van der Waals surface area contributed by atoms with Crippen LogP contribution in [-0.4, -0.2) is 49.0 Å². The molecule has 1 aromatic heterocycles. The van der Waals surface area contributed by atoms with E-state index in [2.05, 4.69) is 9.88 Å². The van der Waals surface area contributed by atoms with Crippen molar-refractivity contribution in [3.63, 3.8) is 0 Å². The van der Waals surface area contributed by atoms with Gasteiger partial charge in [-0.1, -0.05) is 24.3 Å². The SMILES string of the molecule is COC(=O)C1(CC(=O)N(c2ccccc2)[C@@H]2CCCC(F)(F)C2)CCN(c2ccccn2)CC1. The zero-order valence-electron chi connectivity index (χ0n) is 19.5. The number of rotatable bonds is 6. The summed E-state index contributed by atoms with van der Waals surface area (Å²) in [5, 5.41) is 0. The average molecular weight is 472 g/mol. The van der Waals surface area contributed by atoms with Gasteiger partial charge in [-0.2, -0.15) is 0 Å². The van der Waals surface area contributed by atoms with Crippen molar-refractivity contribution in [2.45, 2.75) is 56.9 Å². The van der Waals surface area contributed by atoms with Crippen molar-refractivity contribution in [2.24, 2.45) is 5.41 Å². The normalized spacial score (nSPS) is 21.5. The molecular weight excluding hydrogens is 440 g/mol. The van der Waals surface area contributed by atoms with Crippen LogP contribution in [0.25, 0.3) is 0 Å². The molecule has 2 fully saturated rings. The fourth-order valence-electron chi connectivity index (χ4n) is 5.26. The summed E-state index contributed by atoms with van der Waals surface area (Å²) in [6.07, 6.45) is 2.83. The maximum absolute atomic E-state index is 14.3. The quantitative estimate of drug-likeness (QED) is 0.564. The van der Waals surface area contributed by atoms with E-state index in [1.54, 1.807) is 30.5 Å². The average Bonchev–Trinajstić information content (AvgIpc) is 2.84. The molecule has 8 heteroatoms. The lowest BCUT2D eigenvalue weighted by atomic mass is 9.75. The molecule has 2 aromatic rings. The lowest BCUT2D eigenvalue weighted by Gasteiger charge is -2.42. The molecule has 1 amide bonds. The van der Waals surface area contributed by atoms with Gasteiger partial charge in [-0.05, 0) is 49.9 Å². The lowest BCUT2D eigenvalue weighted by Crippen LogP contribution is -2.51. The van der Waals surface area contributed by atoms with Gasteiger partial charge in [0.25, 0.3) is 0 Å². The Labute approximate surface area is 198 Å². The van der Waals surface area contributed by atoms with Gasteiger partial charge in [0.1, 0.15) is 5.82 Å². The molecule has 34 heavy (non-hydrogen) atoms. The number of amides is 1. The number of hydrogen-bond donors (Lipinski definition) is 0. The second-order valence-corrected chi connectivity index (χ2v) is 9.33. The Morgan fingerprint density at radius 1 is 1.09 bits per heavy atom. The first-order chi connectivity index (χ1) is 16.3. The predicted octanol–water partition coefficient (Wildman–Crippen LogP) is 4.84. The molecule has 1 aromatic carbocycles. The Kier molecular flexibility index (Phi) is 7.14. The van der Waals surface area contributed by atoms with E-state index >= 15 is 0 Å². The minimum absolute atomic E-state index is 0.0767. The van der Waals surface area contributed by atoms with Crippen LogP contribution in [0.3, 0.4) is 0 Å². The van der Waals surface area contributed by atoms with E-state index < -0.39 is 23.3 Å². The Bertz CT molecular complexity index is 979. The van der Waals surface area contributed by atoms with E-state index in [-0.39, 0.29) is 25.2 Å². The van der Waals surface area contributed by atoms with Gasteiger partial charge >= 0.3 is 5.97 Å². The summed E-state index contributed by atoms with van der Waals surface area (Å²) in [5.41, 5.74) is -0.414. The first kappa shape index (κ1) is 24.1. The monoisotopic (exact) mass is 471 g/mol. The third-order valence-electron chi connectivity index (χ3n) is 7.08. The molecule has 0 unspecified atom stereocenters. The van der Waals surface area contributed by atoms with E-state index in [0.29, 0.717) is 44.5 Å². The molecule has 1 aliphatic heterocycles. The molecule has 0 spiro atoms. The molecule has 1 saturated heterocycles. The van der Waals surface area contributed by atoms with Crippen molar-refractivity contribution in [3.05, 3.63) is 54.7 Å². The number of ether oxygens (including phenoxy) is 1. The van der Waals surface area contributed by atoms with Crippen LogP contribution in [0.1, 0.15) is 44.9 Å². The fourth-order valence-corrected chi connectivity index (χ4v) is 5.26. The number of nitrogens with zero attached hydrogens (tertiary/aromatic N) is 3. The highest BCUT2D eigenvalue weighted by atomic mass is 19.3. The molecule has 0 radical (unpaired) electrons. The number of para-hydroxylation sites is 1. The van der Waals surface area contributed by atoms with E-state index in [9.17, 15) is 18.4 Å². The smallest absolute Gasteiger partial charge is 0.312 e. The number of pyridine rings is 1. The molecule has 0 N–H and O–H groups in total. The number of carbonyl (C=O) groups excluding carboxylic acids is 2. The summed E-state index contributed by atoms with van der Waals surface area (Å²) >= 11 is 0. The molecule has 1 aliphatic carbocycles. The van der Waals surface area contributed by atoms with Gasteiger partial charge in [0.15, 0.2) is 0 Å². The Morgan fingerprint density at radius 2 is 1.79 bits per heavy atom. The highest BCUT2D eigenvalue weighted by Crippen LogP contribution is 2.41. The minimum atomic E-state index is -2.80. The summed E-state index contributed by atoms with van der Waals surface area (Å²) in [7, 11) is 1.33. The van der Waals surface area contributed by atoms with Gasteiger partial charge < -0.3 is 14.5 Å². The topological polar surface area (TPSA) is 62.7 Å². The second-order valence-electron chi connectivity index (χ2n) is 9.33. The number of carbonyl (C=O) groups is 2. The van der Waals surface area contributed by atoms with Crippen molar-refractivity contribution >= 4 is 23.4 Å². The van der Waals surface area contributed by atoms with Gasteiger partial charge in [0.05, 0.1) is 12.5 Å². The van der Waals surface area contributed by atoms with Crippen LogP contribution in [0.2, 0.25) is 0 Å².